The van der Waals surface area contributed by atoms with Gasteiger partial charge in [-0.05, 0) is 19.4 Å². The molecule has 1 atom stereocenters. The monoisotopic (exact) mass is 223 g/mol. The maximum Gasteiger partial charge on any atom is 0.216 e. The van der Waals surface area contributed by atoms with E-state index < -0.39 is 0 Å². The van der Waals surface area contributed by atoms with Crippen LogP contribution in [0.1, 0.15) is 32.4 Å². The quantitative estimate of drug-likeness (QED) is 0.765. The molecule has 1 heterocycles. The molecule has 16 heavy (non-hydrogen) atoms. The fourth-order valence-electron chi connectivity index (χ4n) is 1.56. The fourth-order valence-corrected chi connectivity index (χ4v) is 1.56. The smallest absolute Gasteiger partial charge is 0.216 e. The van der Waals surface area contributed by atoms with Crippen LogP contribution in [0, 0.1) is 0 Å². The van der Waals surface area contributed by atoms with Crippen LogP contribution in [0.5, 0.6) is 5.88 Å². The van der Waals surface area contributed by atoms with E-state index in [1.54, 1.807) is 13.4 Å². The van der Waals surface area contributed by atoms with Crippen LogP contribution >= 0.6 is 0 Å². The molecule has 1 aromatic rings. The van der Waals surface area contributed by atoms with E-state index in [0.717, 1.165) is 31.5 Å². The van der Waals surface area contributed by atoms with Gasteiger partial charge in [-0.3, -0.25) is 0 Å². The zero-order chi connectivity index (χ0) is 11.8. The van der Waals surface area contributed by atoms with Crippen LogP contribution in [-0.2, 0) is 6.42 Å². The molecule has 0 spiro atoms. The van der Waals surface area contributed by atoms with Crippen molar-refractivity contribution in [2.45, 2.75) is 39.2 Å². The molecule has 0 radical (unpaired) electrons. The van der Waals surface area contributed by atoms with Crippen LogP contribution in [0.4, 0.5) is 0 Å². The molecule has 0 fully saturated rings. The van der Waals surface area contributed by atoms with Gasteiger partial charge < -0.3 is 10.1 Å². The first-order chi connectivity index (χ1) is 7.80. The van der Waals surface area contributed by atoms with Crippen molar-refractivity contribution in [2.75, 3.05) is 13.7 Å². The Bertz CT molecular complexity index is 304. The third kappa shape index (κ3) is 4.14. The van der Waals surface area contributed by atoms with Crippen molar-refractivity contribution in [2.24, 2.45) is 0 Å². The Balaban J connectivity index is 2.55. The fraction of sp³-hybridized carbons (Fsp3) is 0.667. The number of nitrogens with one attached hydrogen (secondary N) is 1. The second kappa shape index (κ2) is 7.17. The van der Waals surface area contributed by atoms with Gasteiger partial charge in [0.25, 0.3) is 0 Å². The number of nitrogens with zero attached hydrogens (tertiary/aromatic N) is 2. The molecule has 0 bridgehead atoms. The van der Waals surface area contributed by atoms with Gasteiger partial charge in [0.15, 0.2) is 0 Å². The highest BCUT2D eigenvalue weighted by Crippen LogP contribution is 2.09. The number of rotatable bonds is 7. The lowest BCUT2D eigenvalue weighted by Gasteiger charge is -2.15. The summed E-state index contributed by atoms with van der Waals surface area (Å²) in [7, 11) is 1.62. The van der Waals surface area contributed by atoms with Gasteiger partial charge in [-0.1, -0.05) is 13.8 Å². The van der Waals surface area contributed by atoms with Crippen LogP contribution in [-0.4, -0.2) is 29.7 Å². The van der Waals surface area contributed by atoms with Crippen LogP contribution in [0.3, 0.4) is 0 Å². The predicted molar refractivity (Wildman–Crippen MR) is 64.7 cm³/mol. The van der Waals surface area contributed by atoms with Crippen LogP contribution in [0.15, 0.2) is 12.4 Å². The lowest BCUT2D eigenvalue weighted by atomic mass is 10.1. The third-order valence-electron chi connectivity index (χ3n) is 2.54. The Morgan fingerprint density at radius 1 is 1.38 bits per heavy atom. The largest absolute Gasteiger partial charge is 0.481 e. The number of ether oxygens (including phenoxy) is 1. The van der Waals surface area contributed by atoms with Gasteiger partial charge in [0.2, 0.25) is 5.88 Å². The highest BCUT2D eigenvalue weighted by atomic mass is 16.5. The van der Waals surface area contributed by atoms with Crippen molar-refractivity contribution in [3.05, 3.63) is 18.1 Å². The predicted octanol–water partition coefficient (Wildman–Crippen LogP) is 1.81. The molecule has 0 amide bonds. The summed E-state index contributed by atoms with van der Waals surface area (Å²) in [6.07, 6.45) is 4.74. The van der Waals surface area contributed by atoms with Gasteiger partial charge in [-0.2, -0.15) is 0 Å². The van der Waals surface area contributed by atoms with E-state index in [0.29, 0.717) is 11.9 Å². The van der Waals surface area contributed by atoms with Gasteiger partial charge in [-0.15, -0.1) is 0 Å². The topological polar surface area (TPSA) is 47.0 Å². The highest BCUT2D eigenvalue weighted by Gasteiger charge is 2.08. The minimum Gasteiger partial charge on any atom is -0.481 e. The Hall–Kier alpha value is -1.16. The SMILES string of the molecule is CCCNC(CC)Cc1cc(OC)ncn1. The van der Waals surface area contributed by atoms with Crippen molar-refractivity contribution >= 4 is 0 Å². The van der Waals surface area contributed by atoms with E-state index in [1.807, 2.05) is 6.07 Å². The van der Waals surface area contributed by atoms with Crippen molar-refractivity contribution in [1.82, 2.24) is 15.3 Å². The van der Waals surface area contributed by atoms with Crippen LogP contribution < -0.4 is 10.1 Å². The van der Waals surface area contributed by atoms with Crippen LogP contribution in [0.25, 0.3) is 0 Å². The molecule has 4 heteroatoms. The molecule has 0 aliphatic rings. The van der Waals surface area contributed by atoms with Gasteiger partial charge in [-0.25, -0.2) is 9.97 Å². The van der Waals surface area contributed by atoms with Crippen LogP contribution in [0.2, 0.25) is 0 Å². The molecular weight excluding hydrogens is 202 g/mol. The second-order valence-electron chi connectivity index (χ2n) is 3.82. The number of hydrogen-bond acceptors (Lipinski definition) is 4. The first-order valence-corrected chi connectivity index (χ1v) is 5.88. The van der Waals surface area contributed by atoms with Gasteiger partial charge in [0.1, 0.15) is 6.33 Å². The lowest BCUT2D eigenvalue weighted by molar-refractivity contribution is 0.395. The molecular formula is C12H21N3O. The summed E-state index contributed by atoms with van der Waals surface area (Å²) in [5.74, 6) is 0.635. The Morgan fingerprint density at radius 2 is 2.19 bits per heavy atom. The highest BCUT2D eigenvalue weighted by molar-refractivity contribution is 5.14. The zero-order valence-corrected chi connectivity index (χ0v) is 10.4. The third-order valence-corrected chi connectivity index (χ3v) is 2.54. The Kier molecular flexibility index (Phi) is 5.78. The summed E-state index contributed by atoms with van der Waals surface area (Å²) in [6, 6.07) is 2.38. The average Bonchev–Trinajstić information content (AvgIpc) is 2.34. The molecule has 0 aliphatic heterocycles. The number of aromatic nitrogens is 2. The zero-order valence-electron chi connectivity index (χ0n) is 10.4. The Labute approximate surface area is 97.5 Å². The van der Waals surface area contributed by atoms with Gasteiger partial charge in [0.05, 0.1) is 7.11 Å². The molecule has 90 valence electrons. The summed E-state index contributed by atoms with van der Waals surface area (Å²) in [6.45, 7) is 5.42. The van der Waals surface area contributed by atoms with E-state index in [2.05, 4.69) is 29.1 Å². The van der Waals surface area contributed by atoms with E-state index >= 15 is 0 Å². The minimum atomic E-state index is 0.486. The summed E-state index contributed by atoms with van der Waals surface area (Å²) in [5, 5.41) is 3.50. The summed E-state index contributed by atoms with van der Waals surface area (Å²) in [4.78, 5) is 8.25. The summed E-state index contributed by atoms with van der Waals surface area (Å²) in [5.41, 5.74) is 1.03. The molecule has 1 unspecified atom stereocenters. The first kappa shape index (κ1) is 12.9. The van der Waals surface area contributed by atoms with Gasteiger partial charge in [0, 0.05) is 24.2 Å². The van der Waals surface area contributed by atoms with Crippen molar-refractivity contribution < 1.29 is 4.74 Å². The maximum absolute atomic E-state index is 5.08. The summed E-state index contributed by atoms with van der Waals surface area (Å²) < 4.78 is 5.08. The van der Waals surface area contributed by atoms with Gasteiger partial charge >= 0.3 is 0 Å². The average molecular weight is 223 g/mol. The minimum absolute atomic E-state index is 0.486. The molecule has 4 nitrogen and oxygen atoms in total. The van der Waals surface area contributed by atoms with E-state index in [9.17, 15) is 0 Å². The van der Waals surface area contributed by atoms with E-state index in [1.165, 1.54) is 0 Å². The van der Waals surface area contributed by atoms with Crippen molar-refractivity contribution in [3.8, 4) is 5.88 Å². The molecule has 1 rings (SSSR count). The molecule has 1 N–H and O–H groups in total. The second-order valence-corrected chi connectivity index (χ2v) is 3.82. The standard InChI is InChI=1S/C12H21N3O/c1-4-6-13-10(5-2)7-11-8-12(16-3)15-9-14-11/h8-10,13H,4-7H2,1-3H3. The van der Waals surface area contributed by atoms with Crippen molar-refractivity contribution in [1.29, 1.82) is 0 Å². The first-order valence-electron chi connectivity index (χ1n) is 5.88. The molecule has 1 aromatic heterocycles. The van der Waals surface area contributed by atoms with E-state index in [-0.39, 0.29) is 0 Å². The van der Waals surface area contributed by atoms with Crippen molar-refractivity contribution in [3.63, 3.8) is 0 Å². The van der Waals surface area contributed by atoms with E-state index in [4.69, 9.17) is 4.74 Å². The molecule has 0 saturated carbocycles. The number of hydrogen-bond donors (Lipinski definition) is 1. The normalized spacial score (nSPS) is 12.4. The Morgan fingerprint density at radius 3 is 2.81 bits per heavy atom. The number of methoxy groups -OCH3 is 1. The lowest BCUT2D eigenvalue weighted by Crippen LogP contribution is -2.31. The molecule has 0 aromatic carbocycles. The molecule has 0 aliphatic carbocycles. The maximum atomic E-state index is 5.08. The summed E-state index contributed by atoms with van der Waals surface area (Å²) >= 11 is 0. The molecule has 0 saturated heterocycles.